The van der Waals surface area contributed by atoms with Crippen molar-refractivity contribution >= 4 is 50.5 Å². The van der Waals surface area contributed by atoms with Gasteiger partial charge < -0.3 is 5.32 Å². The van der Waals surface area contributed by atoms with Gasteiger partial charge in [0.25, 0.3) is 5.91 Å². The predicted octanol–water partition coefficient (Wildman–Crippen LogP) is 3.81. The van der Waals surface area contributed by atoms with Gasteiger partial charge in [0.15, 0.2) is 0 Å². The van der Waals surface area contributed by atoms with Crippen molar-refractivity contribution in [1.29, 1.82) is 0 Å². The Bertz CT molecular complexity index is 516. The van der Waals surface area contributed by atoms with E-state index in [9.17, 15) is 4.79 Å². The van der Waals surface area contributed by atoms with Crippen LogP contribution in [0.25, 0.3) is 0 Å². The van der Waals surface area contributed by atoms with E-state index >= 15 is 0 Å². The third-order valence-electron chi connectivity index (χ3n) is 1.84. The maximum Gasteiger partial charge on any atom is 0.275 e. The Kier molecular flexibility index (Phi) is 3.58. The van der Waals surface area contributed by atoms with Crippen molar-refractivity contribution in [2.75, 3.05) is 5.32 Å². The largest absolute Gasteiger partial charge is 0.321 e. The van der Waals surface area contributed by atoms with Gasteiger partial charge in [-0.1, -0.05) is 11.6 Å². The molecule has 0 saturated heterocycles. The summed E-state index contributed by atoms with van der Waals surface area (Å²) in [6.07, 6.45) is 0. The number of amides is 1. The summed E-state index contributed by atoms with van der Waals surface area (Å²) in [6.45, 7) is 0. The molecule has 0 aliphatic heterocycles. The first-order valence-electron chi connectivity index (χ1n) is 4.31. The lowest BCUT2D eigenvalue weighted by molar-refractivity contribution is 0.102. The van der Waals surface area contributed by atoms with Gasteiger partial charge in [0.2, 0.25) is 0 Å². The summed E-state index contributed by atoms with van der Waals surface area (Å²) in [7, 11) is 0. The number of aromatic nitrogens is 1. The van der Waals surface area contributed by atoms with E-state index < -0.39 is 0 Å². The lowest BCUT2D eigenvalue weighted by Crippen LogP contribution is -2.11. The second-order valence-electron chi connectivity index (χ2n) is 2.96. The molecule has 0 atom stereocenters. The Labute approximate surface area is 110 Å². The number of carbonyl (C=O) groups is 1. The van der Waals surface area contributed by atoms with Crippen molar-refractivity contribution in [3.05, 3.63) is 44.3 Å². The molecular weight excluding hydrogens is 312 g/mol. The molecule has 0 saturated carbocycles. The molecule has 0 spiro atoms. The van der Waals surface area contributed by atoms with Crippen molar-refractivity contribution in [3.63, 3.8) is 0 Å². The minimum atomic E-state index is -0.226. The van der Waals surface area contributed by atoms with E-state index in [0.29, 0.717) is 16.4 Å². The number of anilines is 1. The molecule has 3 nitrogen and oxygen atoms in total. The highest BCUT2D eigenvalue weighted by atomic mass is 79.9. The molecule has 1 aromatic heterocycles. The number of halogens is 2. The maximum atomic E-state index is 11.7. The Balaban J connectivity index is 2.15. The molecule has 0 aliphatic rings. The van der Waals surface area contributed by atoms with Crippen LogP contribution >= 0.6 is 38.9 Å². The summed E-state index contributed by atoms with van der Waals surface area (Å²) >= 11 is 10.5. The average molecular weight is 318 g/mol. The van der Waals surface area contributed by atoms with E-state index in [1.165, 1.54) is 11.3 Å². The van der Waals surface area contributed by atoms with Gasteiger partial charge in [-0.2, -0.15) is 0 Å². The molecule has 1 amide bonds. The lowest BCUT2D eigenvalue weighted by atomic mass is 10.3. The number of thiazole rings is 1. The monoisotopic (exact) mass is 316 g/mol. The number of nitrogens with zero attached hydrogens (tertiary/aromatic N) is 1. The first-order chi connectivity index (χ1) is 7.66. The first-order valence-corrected chi connectivity index (χ1v) is 6.43. The van der Waals surface area contributed by atoms with E-state index in [4.69, 9.17) is 11.6 Å². The smallest absolute Gasteiger partial charge is 0.275 e. The maximum absolute atomic E-state index is 11.7. The Hall–Kier alpha value is -0.910. The Morgan fingerprint density at radius 2 is 2.31 bits per heavy atom. The van der Waals surface area contributed by atoms with E-state index in [1.807, 2.05) is 0 Å². The second-order valence-corrected chi connectivity index (χ2v) is 4.94. The van der Waals surface area contributed by atoms with Crippen LogP contribution in [0.5, 0.6) is 0 Å². The van der Waals surface area contributed by atoms with Crippen LogP contribution in [0.1, 0.15) is 10.5 Å². The summed E-state index contributed by atoms with van der Waals surface area (Å²) in [6, 6.07) is 5.19. The minimum Gasteiger partial charge on any atom is -0.321 e. The molecule has 2 aromatic rings. The molecule has 1 N–H and O–H groups in total. The molecule has 1 aromatic carbocycles. The van der Waals surface area contributed by atoms with Gasteiger partial charge in [-0.3, -0.25) is 4.79 Å². The molecule has 2 rings (SSSR count). The molecule has 82 valence electrons. The zero-order valence-corrected chi connectivity index (χ0v) is 11.1. The van der Waals surface area contributed by atoms with E-state index in [-0.39, 0.29) is 5.91 Å². The fourth-order valence-corrected chi connectivity index (χ4v) is 2.12. The predicted molar refractivity (Wildman–Crippen MR) is 69.2 cm³/mol. The van der Waals surface area contributed by atoms with Crippen molar-refractivity contribution in [1.82, 2.24) is 4.98 Å². The molecule has 6 heteroatoms. The van der Waals surface area contributed by atoms with Crippen LogP contribution in [0.3, 0.4) is 0 Å². The molecule has 0 aliphatic carbocycles. The molecule has 0 radical (unpaired) electrons. The van der Waals surface area contributed by atoms with Gasteiger partial charge in [-0.25, -0.2) is 4.98 Å². The van der Waals surface area contributed by atoms with Crippen molar-refractivity contribution in [3.8, 4) is 0 Å². The van der Waals surface area contributed by atoms with Crippen molar-refractivity contribution in [2.45, 2.75) is 0 Å². The van der Waals surface area contributed by atoms with E-state index in [0.717, 1.165) is 4.47 Å². The highest BCUT2D eigenvalue weighted by molar-refractivity contribution is 9.10. The minimum absolute atomic E-state index is 0.226. The number of benzene rings is 1. The van der Waals surface area contributed by atoms with Crippen LogP contribution in [-0.2, 0) is 0 Å². The third-order valence-corrected chi connectivity index (χ3v) is 3.64. The van der Waals surface area contributed by atoms with Crippen LogP contribution in [0, 0.1) is 0 Å². The Morgan fingerprint density at radius 3 is 2.94 bits per heavy atom. The second kappa shape index (κ2) is 4.95. The number of carbonyl (C=O) groups excluding carboxylic acids is 1. The van der Waals surface area contributed by atoms with Crippen molar-refractivity contribution < 1.29 is 4.79 Å². The fourth-order valence-electron chi connectivity index (χ4n) is 1.09. The summed E-state index contributed by atoms with van der Waals surface area (Å²) in [5, 5.41) is 5.03. The summed E-state index contributed by atoms with van der Waals surface area (Å²) < 4.78 is 0.741. The molecule has 16 heavy (non-hydrogen) atoms. The average Bonchev–Trinajstić information content (AvgIpc) is 2.77. The van der Waals surface area contributed by atoms with Gasteiger partial charge in [0, 0.05) is 15.5 Å². The van der Waals surface area contributed by atoms with Crippen molar-refractivity contribution in [2.24, 2.45) is 0 Å². The van der Waals surface area contributed by atoms with Gasteiger partial charge in [-0.15, -0.1) is 11.3 Å². The van der Waals surface area contributed by atoms with E-state index in [1.54, 1.807) is 29.1 Å². The van der Waals surface area contributed by atoms with Crippen LogP contribution in [0.4, 0.5) is 5.69 Å². The van der Waals surface area contributed by atoms with Gasteiger partial charge in [0.1, 0.15) is 5.69 Å². The SMILES string of the molecule is O=C(Nc1ccc(Cl)c(Br)c1)c1cscn1. The van der Waals surface area contributed by atoms with Crippen LogP contribution in [-0.4, -0.2) is 10.9 Å². The zero-order valence-electron chi connectivity index (χ0n) is 7.91. The highest BCUT2D eigenvalue weighted by Gasteiger charge is 2.08. The topological polar surface area (TPSA) is 42.0 Å². The number of nitrogens with one attached hydrogen (secondary N) is 1. The molecule has 0 unspecified atom stereocenters. The quantitative estimate of drug-likeness (QED) is 0.915. The lowest BCUT2D eigenvalue weighted by Gasteiger charge is -2.04. The number of hydrogen-bond donors (Lipinski definition) is 1. The molecule has 0 bridgehead atoms. The number of hydrogen-bond acceptors (Lipinski definition) is 3. The summed E-state index contributed by atoms with van der Waals surface area (Å²) in [4.78, 5) is 15.6. The Morgan fingerprint density at radius 1 is 1.50 bits per heavy atom. The van der Waals surface area contributed by atoms with Crippen LogP contribution in [0.2, 0.25) is 5.02 Å². The zero-order chi connectivity index (χ0) is 11.5. The fraction of sp³-hybridized carbons (Fsp3) is 0. The third kappa shape index (κ3) is 2.61. The van der Waals surface area contributed by atoms with Crippen LogP contribution < -0.4 is 5.32 Å². The summed E-state index contributed by atoms with van der Waals surface area (Å²) in [5.74, 6) is -0.226. The van der Waals surface area contributed by atoms with Gasteiger partial charge in [-0.05, 0) is 34.1 Å². The van der Waals surface area contributed by atoms with Gasteiger partial charge in [0.05, 0.1) is 10.5 Å². The van der Waals surface area contributed by atoms with Crippen LogP contribution in [0.15, 0.2) is 33.6 Å². The standard InChI is InChI=1S/C10H6BrClN2OS/c11-7-3-6(1-2-8(7)12)14-10(15)9-4-16-5-13-9/h1-5H,(H,14,15). The van der Waals surface area contributed by atoms with E-state index in [2.05, 4.69) is 26.2 Å². The molecular formula is C10H6BrClN2OS. The normalized spacial score (nSPS) is 10.1. The number of rotatable bonds is 2. The first kappa shape index (κ1) is 11.6. The highest BCUT2D eigenvalue weighted by Crippen LogP contribution is 2.25. The molecule has 0 fully saturated rings. The molecule has 1 heterocycles. The van der Waals surface area contributed by atoms with Gasteiger partial charge >= 0.3 is 0 Å². The summed E-state index contributed by atoms with van der Waals surface area (Å²) in [5.41, 5.74) is 2.71.